The van der Waals surface area contributed by atoms with Crippen molar-refractivity contribution in [2.45, 2.75) is 40.5 Å². The molecule has 21 heavy (non-hydrogen) atoms. The third kappa shape index (κ3) is 6.27. The van der Waals surface area contributed by atoms with E-state index in [0.29, 0.717) is 12.5 Å². The standard InChI is InChI=1S/C16H25ClO3S/c1-11(2)14(10-21(17,18)19)9-20-15-6-7-16(12(3)4)13(5)8-15/h6-8,11-12,14H,9-10H2,1-5H3. The summed E-state index contributed by atoms with van der Waals surface area (Å²) in [5, 5.41) is 0. The van der Waals surface area contributed by atoms with Gasteiger partial charge in [0.2, 0.25) is 9.05 Å². The maximum atomic E-state index is 11.2. The third-order valence-corrected chi connectivity index (χ3v) is 4.89. The van der Waals surface area contributed by atoms with Crippen LogP contribution in [0.1, 0.15) is 44.7 Å². The van der Waals surface area contributed by atoms with Crippen molar-refractivity contribution in [1.29, 1.82) is 0 Å². The van der Waals surface area contributed by atoms with Gasteiger partial charge < -0.3 is 4.74 Å². The molecule has 0 N–H and O–H groups in total. The molecule has 0 saturated carbocycles. The smallest absolute Gasteiger partial charge is 0.233 e. The van der Waals surface area contributed by atoms with Crippen molar-refractivity contribution in [2.24, 2.45) is 11.8 Å². The summed E-state index contributed by atoms with van der Waals surface area (Å²) in [5.41, 5.74) is 2.49. The van der Waals surface area contributed by atoms with Gasteiger partial charge in [-0.1, -0.05) is 33.8 Å². The summed E-state index contributed by atoms with van der Waals surface area (Å²) in [6.07, 6.45) is 0. The first-order valence-electron chi connectivity index (χ1n) is 7.26. The van der Waals surface area contributed by atoms with Gasteiger partial charge in [0.05, 0.1) is 12.4 Å². The molecule has 120 valence electrons. The summed E-state index contributed by atoms with van der Waals surface area (Å²) >= 11 is 0. The normalized spacial score (nSPS) is 13.7. The number of halogens is 1. The number of hydrogen-bond donors (Lipinski definition) is 0. The SMILES string of the molecule is Cc1cc(OCC(CS(=O)(=O)Cl)C(C)C)ccc1C(C)C. The summed E-state index contributed by atoms with van der Waals surface area (Å²) in [4.78, 5) is 0. The van der Waals surface area contributed by atoms with Crippen LogP contribution in [0.3, 0.4) is 0 Å². The first kappa shape index (κ1) is 18.3. The molecule has 0 heterocycles. The van der Waals surface area contributed by atoms with Gasteiger partial charge in [0.15, 0.2) is 0 Å². The Bertz CT molecular complexity index is 565. The van der Waals surface area contributed by atoms with E-state index >= 15 is 0 Å². The average Bonchev–Trinajstić information content (AvgIpc) is 2.32. The molecule has 0 saturated heterocycles. The molecule has 0 bridgehead atoms. The van der Waals surface area contributed by atoms with Crippen molar-refractivity contribution in [2.75, 3.05) is 12.4 Å². The molecule has 0 aliphatic rings. The van der Waals surface area contributed by atoms with Gasteiger partial charge in [-0.05, 0) is 42.0 Å². The molecule has 3 nitrogen and oxygen atoms in total. The highest BCUT2D eigenvalue weighted by atomic mass is 35.7. The molecule has 0 aliphatic carbocycles. The molecule has 0 spiro atoms. The number of aryl methyl sites for hydroxylation is 1. The van der Waals surface area contributed by atoms with Gasteiger partial charge in [0.1, 0.15) is 5.75 Å². The zero-order valence-electron chi connectivity index (χ0n) is 13.4. The van der Waals surface area contributed by atoms with Crippen LogP contribution >= 0.6 is 10.7 Å². The van der Waals surface area contributed by atoms with E-state index in [9.17, 15) is 8.42 Å². The zero-order valence-corrected chi connectivity index (χ0v) is 15.0. The molecule has 1 rings (SSSR count). The second-order valence-electron chi connectivity index (χ2n) is 6.19. The lowest BCUT2D eigenvalue weighted by atomic mass is 9.97. The van der Waals surface area contributed by atoms with E-state index in [-0.39, 0.29) is 17.6 Å². The van der Waals surface area contributed by atoms with Crippen LogP contribution in [0.25, 0.3) is 0 Å². The molecular weight excluding hydrogens is 308 g/mol. The predicted molar refractivity (Wildman–Crippen MR) is 88.7 cm³/mol. The number of rotatable bonds is 7. The maximum Gasteiger partial charge on any atom is 0.233 e. The summed E-state index contributed by atoms with van der Waals surface area (Å²) < 4.78 is 28.2. The highest BCUT2D eigenvalue weighted by Gasteiger charge is 2.21. The highest BCUT2D eigenvalue weighted by Crippen LogP contribution is 2.24. The fraction of sp³-hybridized carbons (Fsp3) is 0.625. The van der Waals surface area contributed by atoms with Crippen molar-refractivity contribution < 1.29 is 13.2 Å². The van der Waals surface area contributed by atoms with Crippen molar-refractivity contribution in [3.05, 3.63) is 29.3 Å². The molecular formula is C16H25ClO3S. The van der Waals surface area contributed by atoms with Crippen LogP contribution < -0.4 is 4.74 Å². The topological polar surface area (TPSA) is 43.4 Å². The first-order valence-corrected chi connectivity index (χ1v) is 9.73. The lowest BCUT2D eigenvalue weighted by Gasteiger charge is -2.20. The number of benzene rings is 1. The Morgan fingerprint density at radius 2 is 1.81 bits per heavy atom. The average molecular weight is 333 g/mol. The number of hydrogen-bond acceptors (Lipinski definition) is 3. The van der Waals surface area contributed by atoms with E-state index < -0.39 is 9.05 Å². The minimum absolute atomic E-state index is 0.0602. The van der Waals surface area contributed by atoms with Crippen molar-refractivity contribution in [3.63, 3.8) is 0 Å². The van der Waals surface area contributed by atoms with E-state index in [1.165, 1.54) is 11.1 Å². The fourth-order valence-corrected chi connectivity index (χ4v) is 3.76. The molecule has 0 fully saturated rings. The summed E-state index contributed by atoms with van der Waals surface area (Å²) in [6, 6.07) is 6.01. The molecule has 1 aromatic rings. The van der Waals surface area contributed by atoms with Gasteiger partial charge in [-0.25, -0.2) is 8.42 Å². The summed E-state index contributed by atoms with van der Waals surface area (Å²) in [6.45, 7) is 10.7. The quantitative estimate of drug-likeness (QED) is 0.698. The van der Waals surface area contributed by atoms with Gasteiger partial charge in [-0.3, -0.25) is 0 Å². The van der Waals surface area contributed by atoms with Crippen LogP contribution in [-0.2, 0) is 9.05 Å². The second kappa shape index (κ2) is 7.50. The monoisotopic (exact) mass is 332 g/mol. The van der Waals surface area contributed by atoms with E-state index in [1.807, 2.05) is 26.0 Å². The maximum absolute atomic E-state index is 11.2. The molecule has 0 aliphatic heterocycles. The van der Waals surface area contributed by atoms with Gasteiger partial charge in [-0.15, -0.1) is 0 Å². The Morgan fingerprint density at radius 1 is 1.19 bits per heavy atom. The molecule has 1 aromatic carbocycles. The molecule has 1 atom stereocenters. The van der Waals surface area contributed by atoms with Crippen LogP contribution in [-0.4, -0.2) is 20.8 Å². The Labute approximate surface area is 133 Å². The van der Waals surface area contributed by atoms with E-state index in [4.69, 9.17) is 15.4 Å². The van der Waals surface area contributed by atoms with Gasteiger partial charge in [0.25, 0.3) is 0 Å². The summed E-state index contributed by atoms with van der Waals surface area (Å²) in [7, 11) is 1.84. The van der Waals surface area contributed by atoms with Gasteiger partial charge in [-0.2, -0.15) is 0 Å². The van der Waals surface area contributed by atoms with Crippen LogP contribution in [0.15, 0.2) is 18.2 Å². The van der Waals surface area contributed by atoms with Crippen molar-refractivity contribution in [3.8, 4) is 5.75 Å². The lowest BCUT2D eigenvalue weighted by molar-refractivity contribution is 0.225. The van der Waals surface area contributed by atoms with Gasteiger partial charge in [0, 0.05) is 16.6 Å². The van der Waals surface area contributed by atoms with E-state index in [1.54, 1.807) is 0 Å². The Morgan fingerprint density at radius 3 is 2.24 bits per heavy atom. The molecule has 5 heteroatoms. The van der Waals surface area contributed by atoms with Gasteiger partial charge >= 0.3 is 0 Å². The predicted octanol–water partition coefficient (Wildman–Crippen LogP) is 4.34. The minimum atomic E-state index is -3.51. The fourth-order valence-electron chi connectivity index (χ4n) is 2.28. The number of ether oxygens (including phenoxy) is 1. The Hall–Kier alpha value is -0.740. The van der Waals surface area contributed by atoms with E-state index in [0.717, 1.165) is 5.75 Å². The van der Waals surface area contributed by atoms with Crippen LogP contribution in [0.5, 0.6) is 5.75 Å². The molecule has 1 unspecified atom stereocenters. The van der Waals surface area contributed by atoms with Crippen LogP contribution in [0.2, 0.25) is 0 Å². The Balaban J connectivity index is 2.74. The summed E-state index contributed by atoms with van der Waals surface area (Å²) in [5.74, 6) is 1.26. The minimum Gasteiger partial charge on any atom is -0.493 e. The third-order valence-electron chi connectivity index (χ3n) is 3.68. The highest BCUT2D eigenvalue weighted by molar-refractivity contribution is 8.13. The lowest BCUT2D eigenvalue weighted by Crippen LogP contribution is -2.24. The van der Waals surface area contributed by atoms with E-state index in [2.05, 4.69) is 26.8 Å². The van der Waals surface area contributed by atoms with Crippen LogP contribution in [0.4, 0.5) is 0 Å². The zero-order chi connectivity index (χ0) is 16.2. The van der Waals surface area contributed by atoms with Crippen molar-refractivity contribution in [1.82, 2.24) is 0 Å². The second-order valence-corrected chi connectivity index (χ2v) is 9.02. The Kier molecular flexibility index (Phi) is 6.54. The molecule has 0 amide bonds. The van der Waals surface area contributed by atoms with Crippen molar-refractivity contribution >= 4 is 19.7 Å². The largest absolute Gasteiger partial charge is 0.493 e. The van der Waals surface area contributed by atoms with Crippen LogP contribution in [0, 0.1) is 18.8 Å². The molecule has 0 aromatic heterocycles. The first-order chi connectivity index (χ1) is 9.60. The molecule has 0 radical (unpaired) electrons.